The van der Waals surface area contributed by atoms with Crippen LogP contribution in [0, 0.1) is 25.2 Å². The van der Waals surface area contributed by atoms with E-state index in [0.717, 1.165) is 36.9 Å². The molecule has 7 heteroatoms. The van der Waals surface area contributed by atoms with Crippen molar-refractivity contribution in [2.24, 2.45) is 0 Å². The number of H-pyrrole nitrogens is 1. The van der Waals surface area contributed by atoms with Gasteiger partial charge in [0, 0.05) is 21.8 Å². The van der Waals surface area contributed by atoms with Gasteiger partial charge in [0.05, 0.1) is 29.0 Å². The van der Waals surface area contributed by atoms with Gasteiger partial charge in [-0.15, -0.1) is 11.3 Å². The highest BCUT2D eigenvalue weighted by atomic mass is 32.1. The van der Waals surface area contributed by atoms with Crippen molar-refractivity contribution in [1.29, 1.82) is 5.26 Å². The minimum Gasteiger partial charge on any atom is -0.306 e. The van der Waals surface area contributed by atoms with Gasteiger partial charge in [-0.25, -0.2) is 9.36 Å². The third-order valence-electron chi connectivity index (χ3n) is 5.42. The molecule has 0 spiro atoms. The van der Waals surface area contributed by atoms with Crippen molar-refractivity contribution in [1.82, 2.24) is 14.5 Å². The molecule has 3 heterocycles. The standard InChI is InChI=1S/C24H16N4O2S/c1-13-7-14(2)18(8-16(13)10-25)21-9-19-22(31-21)23(29)28(24(30)27-19)20-12-26-11-15-5-3-4-6-17(15)20/h3-9,11-12H,1-2H3,(H,27,30). The van der Waals surface area contributed by atoms with Crippen molar-refractivity contribution < 1.29 is 0 Å². The summed E-state index contributed by atoms with van der Waals surface area (Å²) in [7, 11) is 0. The van der Waals surface area contributed by atoms with Crippen molar-refractivity contribution in [3.63, 3.8) is 0 Å². The van der Waals surface area contributed by atoms with E-state index in [1.165, 1.54) is 17.5 Å². The lowest BCUT2D eigenvalue weighted by atomic mass is 9.99. The highest BCUT2D eigenvalue weighted by molar-refractivity contribution is 7.22. The van der Waals surface area contributed by atoms with Crippen LogP contribution in [-0.2, 0) is 0 Å². The van der Waals surface area contributed by atoms with E-state index in [-0.39, 0.29) is 0 Å². The predicted molar refractivity (Wildman–Crippen MR) is 123 cm³/mol. The number of thiophene rings is 1. The summed E-state index contributed by atoms with van der Waals surface area (Å²) < 4.78 is 1.58. The van der Waals surface area contributed by atoms with Crippen LogP contribution >= 0.6 is 11.3 Å². The third kappa shape index (κ3) is 2.97. The van der Waals surface area contributed by atoms with Crippen LogP contribution in [0.25, 0.3) is 37.1 Å². The molecule has 5 aromatic rings. The monoisotopic (exact) mass is 424 g/mol. The molecule has 0 aliphatic carbocycles. The van der Waals surface area contributed by atoms with Gasteiger partial charge >= 0.3 is 5.69 Å². The summed E-state index contributed by atoms with van der Waals surface area (Å²) in [5.41, 5.74) is 3.40. The Kier molecular flexibility index (Phi) is 4.31. The smallest absolute Gasteiger partial charge is 0.306 e. The fourth-order valence-electron chi connectivity index (χ4n) is 3.88. The molecule has 0 fully saturated rings. The number of benzene rings is 2. The fraction of sp³-hybridized carbons (Fsp3) is 0.0833. The summed E-state index contributed by atoms with van der Waals surface area (Å²) in [6.45, 7) is 3.87. The Hall–Kier alpha value is -4.02. The maximum Gasteiger partial charge on any atom is 0.333 e. The topological polar surface area (TPSA) is 91.5 Å². The van der Waals surface area contributed by atoms with E-state index in [0.29, 0.717) is 21.5 Å². The van der Waals surface area contributed by atoms with Crippen LogP contribution in [-0.4, -0.2) is 14.5 Å². The lowest BCUT2D eigenvalue weighted by Gasteiger charge is -2.07. The minimum atomic E-state index is -0.515. The van der Waals surface area contributed by atoms with Crippen molar-refractivity contribution >= 4 is 32.3 Å². The van der Waals surface area contributed by atoms with Crippen LogP contribution < -0.4 is 11.2 Å². The van der Waals surface area contributed by atoms with Crippen molar-refractivity contribution in [3.05, 3.63) is 92.4 Å². The third-order valence-corrected chi connectivity index (χ3v) is 6.58. The van der Waals surface area contributed by atoms with Crippen LogP contribution in [0.1, 0.15) is 16.7 Å². The Morgan fingerprint density at radius 3 is 2.68 bits per heavy atom. The number of aromatic amines is 1. The number of nitrogens with zero attached hydrogens (tertiary/aromatic N) is 3. The molecule has 150 valence electrons. The molecule has 31 heavy (non-hydrogen) atoms. The van der Waals surface area contributed by atoms with Gasteiger partial charge < -0.3 is 4.98 Å². The molecule has 2 aromatic carbocycles. The van der Waals surface area contributed by atoms with Crippen LogP contribution in [0.2, 0.25) is 0 Å². The van der Waals surface area contributed by atoms with Crippen LogP contribution in [0.5, 0.6) is 0 Å². The van der Waals surface area contributed by atoms with Gasteiger partial charge in [0.2, 0.25) is 0 Å². The molecule has 5 rings (SSSR count). The molecule has 0 aliphatic heterocycles. The minimum absolute atomic E-state index is 0.390. The first-order chi connectivity index (χ1) is 15.0. The quantitative estimate of drug-likeness (QED) is 0.453. The number of hydrogen-bond acceptors (Lipinski definition) is 5. The molecule has 0 saturated heterocycles. The number of hydrogen-bond donors (Lipinski definition) is 1. The van der Waals surface area contributed by atoms with Crippen molar-refractivity contribution in [2.45, 2.75) is 13.8 Å². The summed E-state index contributed by atoms with van der Waals surface area (Å²) in [5, 5.41) is 11.0. The summed E-state index contributed by atoms with van der Waals surface area (Å²) in [5.74, 6) is 0. The fourth-order valence-corrected chi connectivity index (χ4v) is 5.00. The normalized spacial score (nSPS) is 11.1. The van der Waals surface area contributed by atoms with Gasteiger partial charge in [0.1, 0.15) is 4.70 Å². The van der Waals surface area contributed by atoms with E-state index in [1.54, 1.807) is 12.3 Å². The number of pyridine rings is 1. The summed E-state index contributed by atoms with van der Waals surface area (Å²) in [6, 6.07) is 15.3. The van der Waals surface area contributed by atoms with Crippen LogP contribution in [0.3, 0.4) is 0 Å². The molecule has 6 nitrogen and oxygen atoms in total. The Morgan fingerprint density at radius 2 is 1.87 bits per heavy atom. The summed E-state index contributed by atoms with van der Waals surface area (Å²) in [4.78, 5) is 34.1. The van der Waals surface area contributed by atoms with Gasteiger partial charge in [-0.3, -0.25) is 9.78 Å². The van der Waals surface area contributed by atoms with E-state index in [9.17, 15) is 14.9 Å². The lowest BCUT2D eigenvalue weighted by molar-refractivity contribution is 0.905. The molecule has 0 amide bonds. The number of nitrogens with one attached hydrogen (secondary N) is 1. The number of fused-ring (bicyclic) bond motifs is 2. The van der Waals surface area contributed by atoms with Crippen LogP contribution in [0.15, 0.2) is 64.4 Å². The van der Waals surface area contributed by atoms with Gasteiger partial charge in [0.15, 0.2) is 0 Å². The van der Waals surface area contributed by atoms with E-state index < -0.39 is 11.2 Å². The van der Waals surface area contributed by atoms with Gasteiger partial charge in [0.25, 0.3) is 5.56 Å². The largest absolute Gasteiger partial charge is 0.333 e. The second-order valence-electron chi connectivity index (χ2n) is 7.40. The second-order valence-corrected chi connectivity index (χ2v) is 8.45. The predicted octanol–water partition coefficient (Wildman–Crippen LogP) is 4.44. The van der Waals surface area contributed by atoms with Crippen molar-refractivity contribution in [3.8, 4) is 22.2 Å². The molecular formula is C24H16N4O2S. The molecule has 0 atom stereocenters. The molecule has 0 saturated carbocycles. The maximum absolute atomic E-state index is 13.4. The number of nitriles is 1. The highest BCUT2D eigenvalue weighted by Crippen LogP contribution is 2.34. The van der Waals surface area contributed by atoms with E-state index in [2.05, 4.69) is 16.0 Å². The van der Waals surface area contributed by atoms with E-state index in [4.69, 9.17) is 0 Å². The first kappa shape index (κ1) is 19.0. The molecule has 0 radical (unpaired) electrons. The van der Waals surface area contributed by atoms with Gasteiger partial charge in [-0.1, -0.05) is 30.3 Å². The summed E-state index contributed by atoms with van der Waals surface area (Å²) >= 11 is 1.31. The Balaban J connectivity index is 1.78. The van der Waals surface area contributed by atoms with Crippen LogP contribution in [0.4, 0.5) is 0 Å². The average Bonchev–Trinajstić information content (AvgIpc) is 3.18. The molecule has 0 aliphatic rings. The number of aromatic nitrogens is 3. The molecular weight excluding hydrogens is 408 g/mol. The number of aryl methyl sites for hydroxylation is 2. The van der Waals surface area contributed by atoms with Gasteiger partial charge in [-0.2, -0.15) is 5.26 Å². The average molecular weight is 424 g/mol. The Labute approximate surface area is 180 Å². The zero-order chi connectivity index (χ0) is 21.7. The van der Waals surface area contributed by atoms with E-state index >= 15 is 0 Å². The molecule has 3 aromatic heterocycles. The zero-order valence-electron chi connectivity index (χ0n) is 16.8. The first-order valence-electron chi connectivity index (χ1n) is 9.61. The highest BCUT2D eigenvalue weighted by Gasteiger charge is 2.17. The van der Waals surface area contributed by atoms with Crippen molar-refractivity contribution in [2.75, 3.05) is 0 Å². The Bertz CT molecular complexity index is 1660. The lowest BCUT2D eigenvalue weighted by Crippen LogP contribution is -2.33. The second kappa shape index (κ2) is 7.04. The van der Waals surface area contributed by atoms with E-state index in [1.807, 2.05) is 50.2 Å². The molecule has 0 bridgehead atoms. The zero-order valence-corrected chi connectivity index (χ0v) is 17.6. The summed E-state index contributed by atoms with van der Waals surface area (Å²) in [6.07, 6.45) is 3.23. The Morgan fingerprint density at radius 1 is 1.06 bits per heavy atom. The first-order valence-corrected chi connectivity index (χ1v) is 10.4. The SMILES string of the molecule is Cc1cc(C)c(-c2cc3[nH]c(=O)n(-c4cncc5ccccc45)c(=O)c3s2)cc1C#N. The molecule has 0 unspecified atom stereocenters. The molecule has 1 N–H and O–H groups in total. The number of rotatable bonds is 2. The van der Waals surface area contributed by atoms with Gasteiger partial charge in [-0.05, 0) is 42.7 Å². The maximum atomic E-state index is 13.4.